The molecule has 2 aromatic carbocycles. The third-order valence-corrected chi connectivity index (χ3v) is 6.80. The van der Waals surface area contributed by atoms with Gasteiger partial charge in [-0.1, -0.05) is 11.6 Å². The third kappa shape index (κ3) is 3.82. The van der Waals surface area contributed by atoms with Crippen LogP contribution in [0.15, 0.2) is 53.4 Å². The Labute approximate surface area is 147 Å². The van der Waals surface area contributed by atoms with Gasteiger partial charge in [0.15, 0.2) is 0 Å². The second-order valence-electron chi connectivity index (χ2n) is 5.17. The number of anilines is 2. The SMILES string of the molecule is CN(c1ccc(N(C)S(=O)(=O)c2ccc(Cl)cc2)cc1)S(C)(=O)=O. The fraction of sp³-hybridized carbons (Fsp3) is 0.200. The van der Waals surface area contributed by atoms with Gasteiger partial charge in [0.05, 0.1) is 22.5 Å². The highest BCUT2D eigenvalue weighted by molar-refractivity contribution is 7.92. The van der Waals surface area contributed by atoms with E-state index < -0.39 is 20.0 Å². The second-order valence-corrected chi connectivity index (χ2v) is 9.59. The number of benzene rings is 2. The number of halogens is 1. The van der Waals surface area contributed by atoms with Crippen LogP contribution in [-0.2, 0) is 20.0 Å². The standard InChI is InChI=1S/C15H17ClN2O4S2/c1-17(23(3,19)20)13-6-8-14(9-7-13)18(2)24(21,22)15-10-4-12(16)5-11-15/h4-11H,1-3H3. The maximum Gasteiger partial charge on any atom is 0.264 e. The summed E-state index contributed by atoms with van der Waals surface area (Å²) in [6, 6.07) is 12.1. The van der Waals surface area contributed by atoms with Gasteiger partial charge in [-0.15, -0.1) is 0 Å². The molecule has 0 amide bonds. The van der Waals surface area contributed by atoms with Gasteiger partial charge in [-0.2, -0.15) is 0 Å². The van der Waals surface area contributed by atoms with Gasteiger partial charge in [0, 0.05) is 19.1 Å². The Morgan fingerprint density at radius 1 is 0.750 bits per heavy atom. The van der Waals surface area contributed by atoms with Crippen molar-refractivity contribution in [2.75, 3.05) is 29.0 Å². The third-order valence-electron chi connectivity index (χ3n) is 3.55. The highest BCUT2D eigenvalue weighted by Gasteiger charge is 2.21. The molecular formula is C15H17ClN2O4S2. The zero-order valence-corrected chi connectivity index (χ0v) is 15.7. The van der Waals surface area contributed by atoms with Crippen molar-refractivity contribution < 1.29 is 16.8 Å². The van der Waals surface area contributed by atoms with Crippen LogP contribution in [0.2, 0.25) is 5.02 Å². The normalized spacial score (nSPS) is 12.0. The van der Waals surface area contributed by atoms with Crippen LogP contribution >= 0.6 is 11.6 Å². The van der Waals surface area contributed by atoms with Crippen molar-refractivity contribution in [3.8, 4) is 0 Å². The first-order valence-electron chi connectivity index (χ1n) is 6.82. The van der Waals surface area contributed by atoms with E-state index in [2.05, 4.69) is 0 Å². The molecule has 2 rings (SSSR count). The molecule has 0 spiro atoms. The van der Waals surface area contributed by atoms with Crippen molar-refractivity contribution in [1.82, 2.24) is 0 Å². The van der Waals surface area contributed by atoms with Crippen LogP contribution in [0.3, 0.4) is 0 Å². The van der Waals surface area contributed by atoms with E-state index in [1.807, 2.05) is 0 Å². The maximum absolute atomic E-state index is 12.6. The van der Waals surface area contributed by atoms with Gasteiger partial charge >= 0.3 is 0 Å². The minimum absolute atomic E-state index is 0.117. The topological polar surface area (TPSA) is 74.8 Å². The maximum atomic E-state index is 12.6. The zero-order chi connectivity index (χ0) is 18.1. The highest BCUT2D eigenvalue weighted by Crippen LogP contribution is 2.26. The fourth-order valence-corrected chi connectivity index (χ4v) is 3.79. The van der Waals surface area contributed by atoms with E-state index in [9.17, 15) is 16.8 Å². The summed E-state index contributed by atoms with van der Waals surface area (Å²) in [7, 11) is -4.24. The molecule has 0 aliphatic carbocycles. The van der Waals surface area contributed by atoms with Gasteiger partial charge in [0.25, 0.3) is 10.0 Å². The lowest BCUT2D eigenvalue weighted by molar-refractivity contribution is 0.594. The van der Waals surface area contributed by atoms with Gasteiger partial charge in [-0.05, 0) is 48.5 Å². The van der Waals surface area contributed by atoms with Crippen LogP contribution in [0.5, 0.6) is 0 Å². The molecule has 0 fully saturated rings. The molecule has 0 unspecified atom stereocenters. The van der Waals surface area contributed by atoms with E-state index in [4.69, 9.17) is 11.6 Å². The van der Waals surface area contributed by atoms with Crippen LogP contribution in [0, 0.1) is 0 Å². The lowest BCUT2D eigenvalue weighted by atomic mass is 10.3. The van der Waals surface area contributed by atoms with Crippen LogP contribution < -0.4 is 8.61 Å². The lowest BCUT2D eigenvalue weighted by Gasteiger charge is -2.21. The Kier molecular flexibility index (Phi) is 5.12. The molecule has 0 aliphatic heterocycles. The van der Waals surface area contributed by atoms with Gasteiger partial charge in [-0.3, -0.25) is 8.61 Å². The first-order chi connectivity index (χ1) is 11.0. The van der Waals surface area contributed by atoms with Crippen molar-refractivity contribution in [2.24, 2.45) is 0 Å². The number of rotatable bonds is 5. The minimum Gasteiger partial charge on any atom is -0.274 e. The molecule has 6 nitrogen and oxygen atoms in total. The summed E-state index contributed by atoms with van der Waals surface area (Å²) in [5.74, 6) is 0. The van der Waals surface area contributed by atoms with Crippen molar-refractivity contribution in [1.29, 1.82) is 0 Å². The number of hydrogen-bond acceptors (Lipinski definition) is 4. The molecule has 130 valence electrons. The van der Waals surface area contributed by atoms with Crippen molar-refractivity contribution >= 4 is 43.0 Å². The molecule has 9 heteroatoms. The van der Waals surface area contributed by atoms with Crippen LogP contribution in [0.4, 0.5) is 11.4 Å². The predicted molar refractivity (Wildman–Crippen MR) is 96.7 cm³/mol. The molecule has 2 aromatic rings. The highest BCUT2D eigenvalue weighted by atomic mass is 35.5. The molecule has 0 radical (unpaired) electrons. The van der Waals surface area contributed by atoms with Crippen LogP contribution in [0.25, 0.3) is 0 Å². The first-order valence-corrected chi connectivity index (χ1v) is 10.5. The van der Waals surface area contributed by atoms with E-state index in [1.165, 1.54) is 38.4 Å². The van der Waals surface area contributed by atoms with E-state index >= 15 is 0 Å². The molecule has 0 saturated heterocycles. The van der Waals surface area contributed by atoms with Crippen LogP contribution in [-0.4, -0.2) is 37.2 Å². The van der Waals surface area contributed by atoms with Gasteiger partial charge in [-0.25, -0.2) is 16.8 Å². The molecule has 0 bridgehead atoms. The summed E-state index contributed by atoms with van der Waals surface area (Å²) in [6.07, 6.45) is 1.10. The molecule has 0 heterocycles. The monoisotopic (exact) mass is 388 g/mol. The summed E-state index contributed by atoms with van der Waals surface area (Å²) in [5, 5.41) is 0.449. The largest absolute Gasteiger partial charge is 0.274 e. The molecule has 0 aliphatic rings. The van der Waals surface area contributed by atoms with E-state index in [0.29, 0.717) is 16.4 Å². The molecule has 0 aromatic heterocycles. The summed E-state index contributed by atoms with van der Waals surface area (Å²) in [5.41, 5.74) is 0.856. The average molecular weight is 389 g/mol. The van der Waals surface area contributed by atoms with Crippen molar-refractivity contribution in [3.05, 3.63) is 53.6 Å². The van der Waals surface area contributed by atoms with Gasteiger partial charge in [0.2, 0.25) is 10.0 Å². The quantitative estimate of drug-likeness (QED) is 0.788. The van der Waals surface area contributed by atoms with E-state index in [-0.39, 0.29) is 4.90 Å². The Bertz CT molecular complexity index is 924. The molecular weight excluding hydrogens is 372 g/mol. The minimum atomic E-state index is -3.73. The van der Waals surface area contributed by atoms with Crippen molar-refractivity contribution in [3.63, 3.8) is 0 Å². The smallest absolute Gasteiger partial charge is 0.264 e. The zero-order valence-electron chi connectivity index (χ0n) is 13.3. The fourth-order valence-electron chi connectivity index (χ4n) is 1.97. The first kappa shape index (κ1) is 18.6. The predicted octanol–water partition coefficient (Wildman–Crippen LogP) is 2.56. The Balaban J connectivity index is 2.33. The molecule has 24 heavy (non-hydrogen) atoms. The van der Waals surface area contributed by atoms with E-state index in [0.717, 1.165) is 14.9 Å². The van der Waals surface area contributed by atoms with Gasteiger partial charge < -0.3 is 0 Å². The Morgan fingerprint density at radius 2 is 1.17 bits per heavy atom. The molecule has 0 atom stereocenters. The number of hydrogen-bond donors (Lipinski definition) is 0. The second kappa shape index (κ2) is 6.62. The van der Waals surface area contributed by atoms with Crippen LogP contribution in [0.1, 0.15) is 0 Å². The molecule has 0 saturated carbocycles. The van der Waals surface area contributed by atoms with E-state index in [1.54, 1.807) is 24.3 Å². The van der Waals surface area contributed by atoms with Crippen molar-refractivity contribution in [2.45, 2.75) is 4.90 Å². The number of nitrogens with zero attached hydrogens (tertiary/aromatic N) is 2. The summed E-state index contributed by atoms with van der Waals surface area (Å²) in [4.78, 5) is 0.117. The molecule has 0 N–H and O–H groups in total. The Hall–Kier alpha value is -1.77. The summed E-state index contributed by atoms with van der Waals surface area (Å²) >= 11 is 5.78. The van der Waals surface area contributed by atoms with Gasteiger partial charge in [0.1, 0.15) is 0 Å². The summed E-state index contributed by atoms with van der Waals surface area (Å²) in [6.45, 7) is 0. The number of sulfonamides is 2. The Morgan fingerprint density at radius 3 is 1.58 bits per heavy atom. The summed E-state index contributed by atoms with van der Waals surface area (Å²) < 4.78 is 50.5. The lowest BCUT2D eigenvalue weighted by Crippen LogP contribution is -2.27. The average Bonchev–Trinajstić information content (AvgIpc) is 2.53.